The molecule has 0 aliphatic carbocycles. The van der Waals surface area contributed by atoms with Gasteiger partial charge >= 0.3 is 5.97 Å². The number of carboxylic acid groups (broad SMARTS) is 1. The molecule has 0 aliphatic rings. The van der Waals surface area contributed by atoms with Crippen LogP contribution in [-0.2, 0) is 16.6 Å². The first kappa shape index (κ1) is 19.0. The maximum Gasteiger partial charge on any atom is 0.335 e. The molecule has 0 radical (unpaired) electrons. The molecule has 8 nitrogen and oxygen atoms in total. The van der Waals surface area contributed by atoms with E-state index in [1.165, 1.54) is 23.3 Å². The summed E-state index contributed by atoms with van der Waals surface area (Å²) in [5.74, 6) is -1.82. The zero-order chi connectivity index (χ0) is 18.8. The van der Waals surface area contributed by atoms with Gasteiger partial charge in [0.05, 0.1) is 17.0 Å². The Morgan fingerprint density at radius 3 is 2.44 bits per heavy atom. The molecule has 134 valence electrons. The molecule has 0 fully saturated rings. The Bertz CT molecular complexity index is 921. The zero-order valence-corrected chi connectivity index (χ0v) is 15.4. The average Bonchev–Trinajstić information content (AvgIpc) is 2.98. The van der Waals surface area contributed by atoms with Crippen molar-refractivity contribution in [2.45, 2.75) is 18.4 Å². The molecule has 0 saturated heterocycles. The summed E-state index contributed by atoms with van der Waals surface area (Å²) in [6.45, 7) is 2.08. The van der Waals surface area contributed by atoms with E-state index in [2.05, 4.69) is 9.71 Å². The van der Waals surface area contributed by atoms with E-state index in [-0.39, 0.29) is 22.6 Å². The normalized spacial score (nSPS) is 11.3. The number of aromatic carboxylic acids is 1. The minimum absolute atomic E-state index is 0.0236. The first-order valence-corrected chi connectivity index (χ1v) is 9.48. The third kappa shape index (κ3) is 4.41. The van der Waals surface area contributed by atoms with Crippen LogP contribution >= 0.6 is 11.3 Å². The molecule has 25 heavy (non-hydrogen) atoms. The maximum absolute atomic E-state index is 12.6. The van der Waals surface area contributed by atoms with Crippen molar-refractivity contribution >= 4 is 33.2 Å². The fourth-order valence-corrected chi connectivity index (χ4v) is 3.71. The molecule has 0 saturated carbocycles. The number of rotatable bonds is 6. The van der Waals surface area contributed by atoms with E-state index in [0.29, 0.717) is 0 Å². The molecule has 2 N–H and O–H groups in total. The Labute approximate surface area is 149 Å². The summed E-state index contributed by atoms with van der Waals surface area (Å²) >= 11 is 1.40. The molecule has 0 bridgehead atoms. The van der Waals surface area contributed by atoms with Crippen molar-refractivity contribution in [1.29, 1.82) is 0 Å². The van der Waals surface area contributed by atoms with Gasteiger partial charge in [-0.3, -0.25) is 4.79 Å². The predicted molar refractivity (Wildman–Crippen MR) is 92.3 cm³/mol. The number of sulfonamides is 1. The second-order valence-electron chi connectivity index (χ2n) is 5.30. The van der Waals surface area contributed by atoms with Gasteiger partial charge in [0, 0.05) is 23.7 Å². The molecule has 1 heterocycles. The van der Waals surface area contributed by atoms with Crippen LogP contribution in [-0.4, -0.2) is 49.4 Å². The Morgan fingerprint density at radius 2 is 1.92 bits per heavy atom. The van der Waals surface area contributed by atoms with E-state index < -0.39 is 21.9 Å². The lowest BCUT2D eigenvalue weighted by atomic mass is 10.1. The number of aromatic nitrogens is 1. The fraction of sp³-hybridized carbons (Fsp3) is 0.267. The van der Waals surface area contributed by atoms with Crippen molar-refractivity contribution in [2.24, 2.45) is 0 Å². The lowest BCUT2D eigenvalue weighted by Gasteiger charge is -2.17. The molecule has 0 unspecified atom stereocenters. The summed E-state index contributed by atoms with van der Waals surface area (Å²) in [4.78, 5) is 29.2. The molecule has 0 atom stereocenters. The molecule has 0 aliphatic heterocycles. The quantitative estimate of drug-likeness (QED) is 0.777. The number of thiazole rings is 1. The van der Waals surface area contributed by atoms with Crippen LogP contribution in [0.3, 0.4) is 0 Å². The Balaban J connectivity index is 2.39. The summed E-state index contributed by atoms with van der Waals surface area (Å²) in [6, 6.07) is 3.32. The summed E-state index contributed by atoms with van der Waals surface area (Å²) in [6.07, 6.45) is 0. The van der Waals surface area contributed by atoms with Gasteiger partial charge in [0.2, 0.25) is 10.0 Å². The summed E-state index contributed by atoms with van der Waals surface area (Å²) in [7, 11) is -1.14. The highest BCUT2D eigenvalue weighted by Gasteiger charge is 2.21. The van der Waals surface area contributed by atoms with Gasteiger partial charge in [-0.25, -0.2) is 22.9 Å². The summed E-state index contributed by atoms with van der Waals surface area (Å²) in [5.41, 5.74) is 0.541. The highest BCUT2D eigenvalue weighted by Crippen LogP contribution is 2.18. The lowest BCUT2D eigenvalue weighted by Crippen LogP contribution is -2.27. The molecule has 2 aromatic rings. The van der Waals surface area contributed by atoms with Crippen molar-refractivity contribution in [3.63, 3.8) is 0 Å². The topological polar surface area (TPSA) is 117 Å². The van der Waals surface area contributed by atoms with Gasteiger partial charge in [-0.1, -0.05) is 0 Å². The predicted octanol–water partition coefficient (Wildman–Crippen LogP) is 1.33. The van der Waals surface area contributed by atoms with Crippen molar-refractivity contribution in [1.82, 2.24) is 14.6 Å². The third-order valence-electron chi connectivity index (χ3n) is 3.37. The van der Waals surface area contributed by atoms with Gasteiger partial charge in [0.1, 0.15) is 5.01 Å². The third-order valence-corrected chi connectivity index (χ3v) is 5.71. The number of carbonyl (C=O) groups is 2. The minimum Gasteiger partial charge on any atom is -0.478 e. The first-order chi connectivity index (χ1) is 11.6. The first-order valence-electron chi connectivity index (χ1n) is 7.12. The molecule has 1 aromatic carbocycles. The molecule has 1 aromatic heterocycles. The van der Waals surface area contributed by atoms with E-state index in [0.717, 1.165) is 28.9 Å². The molecular formula is C15H17N3O5S2. The van der Waals surface area contributed by atoms with E-state index in [9.17, 15) is 23.1 Å². The van der Waals surface area contributed by atoms with Crippen LogP contribution in [0.15, 0.2) is 28.5 Å². The van der Waals surface area contributed by atoms with Gasteiger partial charge < -0.3 is 10.0 Å². The molecule has 2 rings (SSSR count). The number of nitrogens with one attached hydrogen (secondary N) is 1. The van der Waals surface area contributed by atoms with Gasteiger partial charge in [0.15, 0.2) is 0 Å². The van der Waals surface area contributed by atoms with Crippen LogP contribution in [0.2, 0.25) is 0 Å². The zero-order valence-electron chi connectivity index (χ0n) is 13.8. The van der Waals surface area contributed by atoms with E-state index >= 15 is 0 Å². The van der Waals surface area contributed by atoms with Gasteiger partial charge in [-0.05, 0) is 32.2 Å². The van der Waals surface area contributed by atoms with Crippen molar-refractivity contribution < 1.29 is 23.1 Å². The Hall–Kier alpha value is -2.30. The standard InChI is InChI=1S/C15H17N3O5S2/c1-9-8-24-13(17-9)7-18(3)14(19)10-4-11(15(20)21)6-12(5-10)25(22,23)16-2/h4-6,8,16H,7H2,1-3H3,(H,20,21). The summed E-state index contributed by atoms with van der Waals surface area (Å²) < 4.78 is 26.1. The number of carbonyl (C=O) groups excluding carboxylic acids is 1. The smallest absolute Gasteiger partial charge is 0.335 e. The van der Waals surface area contributed by atoms with Crippen LogP contribution in [0, 0.1) is 6.92 Å². The van der Waals surface area contributed by atoms with E-state index in [4.69, 9.17) is 0 Å². The Morgan fingerprint density at radius 1 is 1.28 bits per heavy atom. The fourth-order valence-electron chi connectivity index (χ4n) is 2.09. The van der Waals surface area contributed by atoms with Crippen molar-refractivity contribution in [2.75, 3.05) is 14.1 Å². The largest absolute Gasteiger partial charge is 0.478 e. The second-order valence-corrected chi connectivity index (χ2v) is 8.13. The number of aryl methyl sites for hydroxylation is 1. The van der Waals surface area contributed by atoms with E-state index in [1.807, 2.05) is 12.3 Å². The Kier molecular flexibility index (Phi) is 5.55. The molecular weight excluding hydrogens is 366 g/mol. The van der Waals surface area contributed by atoms with Gasteiger partial charge in [-0.15, -0.1) is 11.3 Å². The summed E-state index contributed by atoms with van der Waals surface area (Å²) in [5, 5.41) is 11.8. The number of hydrogen-bond donors (Lipinski definition) is 2. The SMILES string of the molecule is CNS(=O)(=O)c1cc(C(=O)O)cc(C(=O)N(C)Cc2nc(C)cs2)c1. The van der Waals surface area contributed by atoms with Gasteiger partial charge in [0.25, 0.3) is 5.91 Å². The molecule has 1 amide bonds. The number of amides is 1. The van der Waals surface area contributed by atoms with E-state index in [1.54, 1.807) is 7.05 Å². The van der Waals surface area contributed by atoms with Crippen LogP contribution in [0.5, 0.6) is 0 Å². The average molecular weight is 383 g/mol. The highest BCUT2D eigenvalue weighted by molar-refractivity contribution is 7.89. The monoisotopic (exact) mass is 383 g/mol. The lowest BCUT2D eigenvalue weighted by molar-refractivity contribution is 0.0696. The maximum atomic E-state index is 12.6. The van der Waals surface area contributed by atoms with Crippen LogP contribution in [0.4, 0.5) is 0 Å². The number of nitrogens with zero attached hydrogens (tertiary/aromatic N) is 2. The molecule has 10 heteroatoms. The number of hydrogen-bond acceptors (Lipinski definition) is 6. The van der Waals surface area contributed by atoms with Crippen LogP contribution in [0.25, 0.3) is 0 Å². The van der Waals surface area contributed by atoms with Gasteiger partial charge in [-0.2, -0.15) is 0 Å². The minimum atomic E-state index is -3.89. The highest BCUT2D eigenvalue weighted by atomic mass is 32.2. The van der Waals surface area contributed by atoms with Crippen LogP contribution < -0.4 is 4.72 Å². The second kappa shape index (κ2) is 7.30. The number of benzene rings is 1. The van der Waals surface area contributed by atoms with Crippen molar-refractivity contribution in [3.8, 4) is 0 Å². The van der Waals surface area contributed by atoms with Crippen molar-refractivity contribution in [3.05, 3.63) is 45.4 Å². The van der Waals surface area contributed by atoms with Crippen LogP contribution in [0.1, 0.15) is 31.4 Å². The number of carboxylic acids is 1. The molecule has 0 spiro atoms.